The zero-order valence-corrected chi connectivity index (χ0v) is 15.2. The molecule has 26 heavy (non-hydrogen) atoms. The summed E-state index contributed by atoms with van der Waals surface area (Å²) in [5, 5.41) is 5.60. The van der Waals surface area contributed by atoms with Gasteiger partial charge in [-0.1, -0.05) is 13.0 Å². The minimum Gasteiger partial charge on any atom is -0.497 e. The predicted molar refractivity (Wildman–Crippen MR) is 99.3 cm³/mol. The first kappa shape index (κ1) is 18.2. The van der Waals surface area contributed by atoms with Crippen molar-refractivity contribution in [3.63, 3.8) is 0 Å². The normalized spacial score (nSPS) is 20.5. The number of guanidine groups is 1. The lowest BCUT2D eigenvalue weighted by Crippen LogP contribution is -2.51. The molecule has 0 aromatic heterocycles. The highest BCUT2D eigenvalue weighted by molar-refractivity contribution is 6.07. The summed E-state index contributed by atoms with van der Waals surface area (Å²) < 4.78 is 5.14. The molecule has 1 unspecified atom stereocenters. The Hall–Kier alpha value is -2.61. The lowest BCUT2D eigenvalue weighted by atomic mass is 10.2. The van der Waals surface area contributed by atoms with E-state index in [0.717, 1.165) is 32.7 Å². The molecule has 0 saturated carbocycles. The Morgan fingerprint density at radius 3 is 2.81 bits per heavy atom. The number of methoxy groups -OCH3 is 1. The van der Waals surface area contributed by atoms with Crippen LogP contribution in [-0.4, -0.2) is 73.4 Å². The molecule has 0 radical (unpaired) electrons. The summed E-state index contributed by atoms with van der Waals surface area (Å²) >= 11 is 0. The number of anilines is 1. The van der Waals surface area contributed by atoms with Gasteiger partial charge in [0.05, 0.1) is 13.5 Å². The number of likely N-dealkylation sites (N-methyl/N-ethyl adjacent to an activating group) is 1. The smallest absolute Gasteiger partial charge is 0.252 e. The van der Waals surface area contributed by atoms with E-state index in [0.29, 0.717) is 17.4 Å². The fourth-order valence-corrected chi connectivity index (χ4v) is 3.10. The molecule has 1 fully saturated rings. The van der Waals surface area contributed by atoms with Crippen LogP contribution in [0.5, 0.6) is 5.75 Å². The molecule has 1 saturated heterocycles. The molecular weight excluding hydrogens is 334 g/mol. The van der Waals surface area contributed by atoms with E-state index >= 15 is 0 Å². The number of hydrogen-bond donors (Lipinski definition) is 2. The molecular formula is C18H25N5O3. The van der Waals surface area contributed by atoms with Gasteiger partial charge in [0, 0.05) is 37.9 Å². The Kier molecular flexibility index (Phi) is 5.72. The van der Waals surface area contributed by atoms with Crippen molar-refractivity contribution in [2.75, 3.05) is 45.2 Å². The number of nitrogens with zero attached hydrogens (tertiary/aromatic N) is 3. The van der Waals surface area contributed by atoms with Gasteiger partial charge in [-0.25, -0.2) is 4.99 Å². The molecule has 2 amide bonds. The standard InChI is InChI=1S/C18H25N5O3/c1-3-22-7-9-23(10-8-22)18-20-15(17(25)21-18)12-16(24)19-13-5-4-6-14(11-13)26-2/h4-6,11,15H,3,7-10,12H2,1-2H3,(H,19,24)(H,20,21,25). The van der Waals surface area contributed by atoms with E-state index in [1.165, 1.54) is 0 Å². The third-order valence-corrected chi connectivity index (χ3v) is 4.67. The number of aliphatic imine (C=N–C) groups is 1. The maximum Gasteiger partial charge on any atom is 0.252 e. The van der Waals surface area contributed by atoms with Crippen LogP contribution in [0.1, 0.15) is 13.3 Å². The van der Waals surface area contributed by atoms with Crippen LogP contribution >= 0.6 is 0 Å². The molecule has 1 atom stereocenters. The highest BCUT2D eigenvalue weighted by Gasteiger charge is 2.32. The molecule has 2 N–H and O–H groups in total. The van der Waals surface area contributed by atoms with Gasteiger partial charge in [0.2, 0.25) is 11.9 Å². The Morgan fingerprint density at radius 2 is 2.12 bits per heavy atom. The summed E-state index contributed by atoms with van der Waals surface area (Å²) in [6, 6.07) is 6.42. The number of nitrogens with one attached hydrogen (secondary N) is 2. The number of amides is 2. The van der Waals surface area contributed by atoms with Gasteiger partial charge in [-0.2, -0.15) is 0 Å². The monoisotopic (exact) mass is 359 g/mol. The second kappa shape index (κ2) is 8.18. The average Bonchev–Trinajstić information content (AvgIpc) is 3.02. The van der Waals surface area contributed by atoms with E-state index in [2.05, 4.69) is 32.3 Å². The number of rotatable bonds is 5. The quantitative estimate of drug-likeness (QED) is 0.800. The molecule has 2 heterocycles. The lowest BCUT2D eigenvalue weighted by molar-refractivity contribution is -0.124. The first-order valence-corrected chi connectivity index (χ1v) is 8.89. The first-order valence-electron chi connectivity index (χ1n) is 8.89. The van der Waals surface area contributed by atoms with E-state index < -0.39 is 6.04 Å². The minimum absolute atomic E-state index is 0.0153. The number of hydrogen-bond acceptors (Lipinski definition) is 6. The topological polar surface area (TPSA) is 86.3 Å². The summed E-state index contributed by atoms with van der Waals surface area (Å²) in [6.45, 7) is 6.73. The molecule has 1 aromatic rings. The Balaban J connectivity index is 1.56. The Labute approximate surface area is 153 Å². The molecule has 8 nitrogen and oxygen atoms in total. The number of piperazine rings is 1. The summed E-state index contributed by atoms with van der Waals surface area (Å²) in [5.74, 6) is 0.774. The van der Waals surface area contributed by atoms with E-state index in [1.54, 1.807) is 31.4 Å². The molecule has 3 rings (SSSR count). The van der Waals surface area contributed by atoms with Crippen LogP contribution < -0.4 is 15.4 Å². The van der Waals surface area contributed by atoms with E-state index in [4.69, 9.17) is 4.74 Å². The number of ether oxygens (including phenoxy) is 1. The van der Waals surface area contributed by atoms with Crippen molar-refractivity contribution in [1.82, 2.24) is 15.1 Å². The summed E-state index contributed by atoms with van der Waals surface area (Å²) in [6.07, 6.45) is 0.0153. The molecule has 0 aliphatic carbocycles. The zero-order chi connectivity index (χ0) is 18.5. The van der Waals surface area contributed by atoms with Crippen molar-refractivity contribution in [2.24, 2.45) is 4.99 Å². The summed E-state index contributed by atoms with van der Waals surface area (Å²) in [7, 11) is 1.57. The SMILES string of the molecule is CCN1CCN(C2=NC(CC(=O)Nc3cccc(OC)c3)C(=O)N2)CC1. The zero-order valence-electron chi connectivity index (χ0n) is 15.2. The van der Waals surface area contributed by atoms with Gasteiger partial charge in [-0.3, -0.25) is 14.9 Å². The molecule has 1 aromatic carbocycles. The largest absolute Gasteiger partial charge is 0.497 e. The van der Waals surface area contributed by atoms with Crippen molar-refractivity contribution in [2.45, 2.75) is 19.4 Å². The summed E-state index contributed by atoms with van der Waals surface area (Å²) in [4.78, 5) is 33.3. The maximum absolute atomic E-state index is 12.3. The van der Waals surface area contributed by atoms with Gasteiger partial charge in [-0.15, -0.1) is 0 Å². The molecule has 8 heteroatoms. The van der Waals surface area contributed by atoms with Gasteiger partial charge in [0.15, 0.2) is 0 Å². The van der Waals surface area contributed by atoms with Crippen LogP contribution in [-0.2, 0) is 9.59 Å². The van der Waals surface area contributed by atoms with Crippen molar-refractivity contribution in [3.8, 4) is 5.75 Å². The van der Waals surface area contributed by atoms with Crippen LogP contribution in [0.3, 0.4) is 0 Å². The van der Waals surface area contributed by atoms with Gasteiger partial charge in [0.25, 0.3) is 5.91 Å². The second-order valence-electron chi connectivity index (χ2n) is 6.36. The summed E-state index contributed by atoms with van der Waals surface area (Å²) in [5.41, 5.74) is 0.632. The van der Waals surface area contributed by atoms with Crippen LogP contribution in [0.2, 0.25) is 0 Å². The van der Waals surface area contributed by atoms with E-state index in [9.17, 15) is 9.59 Å². The van der Waals surface area contributed by atoms with Crippen LogP contribution in [0.4, 0.5) is 5.69 Å². The van der Waals surface area contributed by atoms with Crippen LogP contribution in [0, 0.1) is 0 Å². The van der Waals surface area contributed by atoms with Crippen LogP contribution in [0.15, 0.2) is 29.3 Å². The molecule has 140 valence electrons. The number of benzene rings is 1. The number of carbonyl (C=O) groups excluding carboxylic acids is 2. The minimum atomic E-state index is -0.681. The lowest BCUT2D eigenvalue weighted by Gasteiger charge is -2.34. The number of carbonyl (C=O) groups is 2. The van der Waals surface area contributed by atoms with Crippen molar-refractivity contribution >= 4 is 23.5 Å². The van der Waals surface area contributed by atoms with Crippen molar-refractivity contribution in [3.05, 3.63) is 24.3 Å². The van der Waals surface area contributed by atoms with Crippen molar-refractivity contribution < 1.29 is 14.3 Å². The Bertz CT molecular complexity index is 698. The third-order valence-electron chi connectivity index (χ3n) is 4.67. The van der Waals surface area contributed by atoms with Gasteiger partial charge in [-0.05, 0) is 18.7 Å². The maximum atomic E-state index is 12.3. The predicted octanol–water partition coefficient (Wildman–Crippen LogP) is 0.516. The van der Waals surface area contributed by atoms with Crippen molar-refractivity contribution in [1.29, 1.82) is 0 Å². The van der Waals surface area contributed by atoms with Crippen LogP contribution in [0.25, 0.3) is 0 Å². The fraction of sp³-hybridized carbons (Fsp3) is 0.500. The average molecular weight is 359 g/mol. The van der Waals surface area contributed by atoms with Gasteiger partial charge < -0.3 is 19.9 Å². The highest BCUT2D eigenvalue weighted by Crippen LogP contribution is 2.18. The molecule has 2 aliphatic heterocycles. The first-order chi connectivity index (χ1) is 12.6. The fourth-order valence-electron chi connectivity index (χ4n) is 3.10. The van der Waals surface area contributed by atoms with E-state index in [1.807, 2.05) is 0 Å². The van der Waals surface area contributed by atoms with Gasteiger partial charge in [0.1, 0.15) is 11.8 Å². The highest BCUT2D eigenvalue weighted by atomic mass is 16.5. The second-order valence-corrected chi connectivity index (χ2v) is 6.36. The molecule has 0 spiro atoms. The van der Waals surface area contributed by atoms with E-state index in [-0.39, 0.29) is 18.2 Å². The Morgan fingerprint density at radius 1 is 1.35 bits per heavy atom. The third kappa shape index (κ3) is 4.32. The molecule has 2 aliphatic rings. The van der Waals surface area contributed by atoms with Gasteiger partial charge >= 0.3 is 0 Å². The molecule has 0 bridgehead atoms.